The van der Waals surface area contributed by atoms with Crippen LogP contribution in [0.25, 0.3) is 11.5 Å². The van der Waals surface area contributed by atoms with Crippen LogP contribution in [0, 0.1) is 0 Å². The highest BCUT2D eigenvalue weighted by molar-refractivity contribution is 5.52. The summed E-state index contributed by atoms with van der Waals surface area (Å²) in [5.74, 6) is 1.18. The molecule has 0 amide bonds. The van der Waals surface area contributed by atoms with Gasteiger partial charge in [-0.25, -0.2) is 0 Å². The Bertz CT molecular complexity index is 553. The Morgan fingerprint density at radius 1 is 1.25 bits per heavy atom. The standard InChI is InChI=1S/C15H19N3O2/c1-11(2)18-8-9-19-13(10-18)14-16-15(20-17-14)12-6-4-3-5-7-12/h3-7,11,13H,8-10H2,1-2H3/t13-/m1/s1. The molecule has 3 rings (SSSR count). The normalized spacial score (nSPS) is 20.4. The highest BCUT2D eigenvalue weighted by atomic mass is 16.5. The maximum atomic E-state index is 5.77. The molecule has 5 heteroatoms. The van der Waals surface area contributed by atoms with Crippen molar-refractivity contribution < 1.29 is 9.26 Å². The third kappa shape index (κ3) is 2.73. The second-order valence-electron chi connectivity index (χ2n) is 5.27. The van der Waals surface area contributed by atoms with Crippen molar-refractivity contribution in [3.05, 3.63) is 36.2 Å². The largest absolute Gasteiger partial charge is 0.367 e. The van der Waals surface area contributed by atoms with Gasteiger partial charge in [0.15, 0.2) is 0 Å². The van der Waals surface area contributed by atoms with E-state index in [1.807, 2.05) is 30.3 Å². The van der Waals surface area contributed by atoms with Crippen molar-refractivity contribution >= 4 is 0 Å². The summed E-state index contributed by atoms with van der Waals surface area (Å²) in [5.41, 5.74) is 0.933. The molecule has 1 aromatic carbocycles. The van der Waals surface area contributed by atoms with E-state index >= 15 is 0 Å². The number of benzene rings is 1. The van der Waals surface area contributed by atoms with Gasteiger partial charge < -0.3 is 9.26 Å². The van der Waals surface area contributed by atoms with E-state index in [1.54, 1.807) is 0 Å². The van der Waals surface area contributed by atoms with Crippen molar-refractivity contribution in [2.75, 3.05) is 19.7 Å². The lowest BCUT2D eigenvalue weighted by molar-refractivity contribution is -0.0450. The quantitative estimate of drug-likeness (QED) is 0.860. The van der Waals surface area contributed by atoms with Gasteiger partial charge in [0.1, 0.15) is 6.10 Å². The SMILES string of the molecule is CC(C)N1CCO[C@@H](c2noc(-c3ccccc3)n2)C1. The zero-order chi connectivity index (χ0) is 13.9. The van der Waals surface area contributed by atoms with E-state index in [0.717, 1.165) is 18.7 Å². The Balaban J connectivity index is 1.77. The predicted molar refractivity (Wildman–Crippen MR) is 75.1 cm³/mol. The maximum absolute atomic E-state index is 5.77. The molecule has 1 saturated heterocycles. The Morgan fingerprint density at radius 3 is 2.80 bits per heavy atom. The first kappa shape index (κ1) is 13.3. The van der Waals surface area contributed by atoms with Crippen molar-refractivity contribution in [1.82, 2.24) is 15.0 Å². The van der Waals surface area contributed by atoms with Crippen molar-refractivity contribution in [3.8, 4) is 11.5 Å². The molecule has 1 aliphatic heterocycles. The summed E-state index contributed by atoms with van der Waals surface area (Å²) in [4.78, 5) is 6.84. The fourth-order valence-corrected chi connectivity index (χ4v) is 2.36. The molecule has 0 spiro atoms. The topological polar surface area (TPSA) is 51.4 Å². The van der Waals surface area contributed by atoms with Crippen molar-refractivity contribution in [2.24, 2.45) is 0 Å². The second-order valence-corrected chi connectivity index (χ2v) is 5.27. The zero-order valence-corrected chi connectivity index (χ0v) is 11.8. The summed E-state index contributed by atoms with van der Waals surface area (Å²) < 4.78 is 11.1. The molecule has 20 heavy (non-hydrogen) atoms. The van der Waals surface area contributed by atoms with Crippen LogP contribution in [0.1, 0.15) is 25.8 Å². The lowest BCUT2D eigenvalue weighted by Gasteiger charge is -2.34. The first-order valence-corrected chi connectivity index (χ1v) is 6.98. The van der Waals surface area contributed by atoms with E-state index in [-0.39, 0.29) is 6.10 Å². The predicted octanol–water partition coefficient (Wildman–Crippen LogP) is 2.52. The molecule has 0 unspecified atom stereocenters. The minimum Gasteiger partial charge on any atom is -0.367 e. The summed E-state index contributed by atoms with van der Waals surface area (Å²) in [6.45, 7) is 6.85. The fraction of sp³-hybridized carbons (Fsp3) is 0.467. The number of aromatic nitrogens is 2. The lowest BCUT2D eigenvalue weighted by atomic mass is 10.2. The van der Waals surface area contributed by atoms with Gasteiger partial charge >= 0.3 is 0 Å². The van der Waals surface area contributed by atoms with Crippen LogP contribution in [0.5, 0.6) is 0 Å². The summed E-state index contributed by atoms with van der Waals surface area (Å²) in [7, 11) is 0. The highest BCUT2D eigenvalue weighted by Gasteiger charge is 2.27. The molecule has 2 heterocycles. The molecule has 1 fully saturated rings. The molecule has 5 nitrogen and oxygen atoms in total. The Hall–Kier alpha value is -1.72. The number of morpholine rings is 1. The van der Waals surface area contributed by atoms with E-state index < -0.39 is 0 Å². The van der Waals surface area contributed by atoms with Gasteiger partial charge in [-0.15, -0.1) is 0 Å². The number of hydrogen-bond donors (Lipinski definition) is 0. The highest BCUT2D eigenvalue weighted by Crippen LogP contribution is 2.24. The van der Waals surface area contributed by atoms with E-state index in [2.05, 4.69) is 28.9 Å². The average Bonchev–Trinajstić information content (AvgIpc) is 2.98. The summed E-state index contributed by atoms with van der Waals surface area (Å²) in [6.07, 6.45) is -0.104. The molecule has 2 aromatic rings. The van der Waals surface area contributed by atoms with E-state index in [1.165, 1.54) is 0 Å². The van der Waals surface area contributed by atoms with Gasteiger partial charge in [0.25, 0.3) is 5.89 Å². The number of hydrogen-bond acceptors (Lipinski definition) is 5. The van der Waals surface area contributed by atoms with Crippen molar-refractivity contribution in [1.29, 1.82) is 0 Å². The third-order valence-electron chi connectivity index (χ3n) is 3.58. The van der Waals surface area contributed by atoms with Crippen LogP contribution in [-0.2, 0) is 4.74 Å². The van der Waals surface area contributed by atoms with Crippen LogP contribution in [0.2, 0.25) is 0 Å². The molecule has 0 radical (unpaired) electrons. The zero-order valence-electron chi connectivity index (χ0n) is 11.8. The van der Waals surface area contributed by atoms with Crippen LogP contribution in [0.3, 0.4) is 0 Å². The minimum atomic E-state index is -0.104. The molecule has 106 valence electrons. The lowest BCUT2D eigenvalue weighted by Crippen LogP contribution is -2.42. The summed E-state index contributed by atoms with van der Waals surface area (Å²) in [6, 6.07) is 10.3. The van der Waals surface area contributed by atoms with Crippen LogP contribution in [-0.4, -0.2) is 40.8 Å². The molecule has 0 saturated carbocycles. The molecule has 1 aromatic heterocycles. The first-order chi connectivity index (χ1) is 9.74. The van der Waals surface area contributed by atoms with Gasteiger partial charge in [0, 0.05) is 24.7 Å². The van der Waals surface area contributed by atoms with Gasteiger partial charge in [-0.3, -0.25) is 4.90 Å². The molecule has 0 N–H and O–H groups in total. The van der Waals surface area contributed by atoms with Crippen LogP contribution < -0.4 is 0 Å². The van der Waals surface area contributed by atoms with Crippen LogP contribution in [0.15, 0.2) is 34.9 Å². The van der Waals surface area contributed by atoms with E-state index in [4.69, 9.17) is 9.26 Å². The van der Waals surface area contributed by atoms with Gasteiger partial charge in [0.2, 0.25) is 5.82 Å². The molecular formula is C15H19N3O2. The maximum Gasteiger partial charge on any atom is 0.258 e. The Labute approximate surface area is 118 Å². The first-order valence-electron chi connectivity index (χ1n) is 6.98. The summed E-state index contributed by atoms with van der Waals surface area (Å²) in [5, 5.41) is 4.07. The average molecular weight is 273 g/mol. The Kier molecular flexibility index (Phi) is 3.80. The van der Waals surface area contributed by atoms with Gasteiger partial charge in [0.05, 0.1) is 6.61 Å². The van der Waals surface area contributed by atoms with Gasteiger partial charge in [-0.1, -0.05) is 23.4 Å². The number of rotatable bonds is 3. The second kappa shape index (κ2) is 5.73. The van der Waals surface area contributed by atoms with E-state index in [0.29, 0.717) is 24.4 Å². The molecule has 1 aliphatic rings. The molecule has 1 atom stereocenters. The molecule has 0 aliphatic carbocycles. The van der Waals surface area contributed by atoms with E-state index in [9.17, 15) is 0 Å². The van der Waals surface area contributed by atoms with Crippen LogP contribution >= 0.6 is 0 Å². The smallest absolute Gasteiger partial charge is 0.258 e. The molecule has 0 bridgehead atoms. The van der Waals surface area contributed by atoms with Crippen LogP contribution in [0.4, 0.5) is 0 Å². The third-order valence-corrected chi connectivity index (χ3v) is 3.58. The number of ether oxygens (including phenoxy) is 1. The van der Waals surface area contributed by atoms with Gasteiger partial charge in [-0.05, 0) is 26.0 Å². The summed E-state index contributed by atoms with van der Waals surface area (Å²) >= 11 is 0. The number of nitrogens with zero attached hydrogens (tertiary/aromatic N) is 3. The van der Waals surface area contributed by atoms with Crippen molar-refractivity contribution in [3.63, 3.8) is 0 Å². The van der Waals surface area contributed by atoms with Gasteiger partial charge in [-0.2, -0.15) is 4.98 Å². The Morgan fingerprint density at radius 2 is 2.05 bits per heavy atom. The monoisotopic (exact) mass is 273 g/mol. The minimum absolute atomic E-state index is 0.104. The van der Waals surface area contributed by atoms with Crippen molar-refractivity contribution in [2.45, 2.75) is 26.0 Å². The fourth-order valence-electron chi connectivity index (χ4n) is 2.36. The molecular weight excluding hydrogens is 254 g/mol.